The van der Waals surface area contributed by atoms with Crippen molar-refractivity contribution in [1.82, 2.24) is 0 Å². The first kappa shape index (κ1) is 17.0. The van der Waals surface area contributed by atoms with Gasteiger partial charge in [-0.15, -0.1) is 0 Å². The Balaban J connectivity index is 2.85. The summed E-state index contributed by atoms with van der Waals surface area (Å²) in [5.74, 6) is 0.756. The molecule has 0 bridgehead atoms. The lowest BCUT2D eigenvalue weighted by atomic mass is 10.1. The number of rotatable bonds is 8. The Morgan fingerprint density at radius 2 is 2.10 bits per heavy atom. The van der Waals surface area contributed by atoms with Crippen molar-refractivity contribution in [3.63, 3.8) is 0 Å². The molecule has 20 heavy (non-hydrogen) atoms. The van der Waals surface area contributed by atoms with Gasteiger partial charge in [-0.05, 0) is 37.5 Å². The first-order valence-corrected chi connectivity index (χ1v) is 8.21. The highest BCUT2D eigenvalue weighted by atomic mass is 79.9. The van der Waals surface area contributed by atoms with E-state index in [1.165, 1.54) is 12.0 Å². The first-order valence-electron chi connectivity index (χ1n) is 7.30. The number of nitrogens with one attached hydrogen (secondary N) is 1. The van der Waals surface area contributed by atoms with Gasteiger partial charge in [0.25, 0.3) is 0 Å². The highest BCUT2D eigenvalue weighted by Crippen LogP contribution is 2.28. The van der Waals surface area contributed by atoms with Crippen LogP contribution < -0.4 is 10.1 Å². The number of amides is 1. The molecule has 0 heterocycles. The van der Waals surface area contributed by atoms with Crippen LogP contribution in [-0.2, 0) is 11.2 Å². The SMILES string of the molecule is CCCC(Br)Cc1ccc(NC(=O)CC)c(OCC)c1. The number of benzene rings is 1. The third-order valence-electron chi connectivity index (χ3n) is 3.00. The van der Waals surface area contributed by atoms with Gasteiger partial charge < -0.3 is 10.1 Å². The minimum absolute atomic E-state index is 0.00283. The van der Waals surface area contributed by atoms with E-state index in [1.54, 1.807) is 0 Å². The van der Waals surface area contributed by atoms with E-state index < -0.39 is 0 Å². The Labute approximate surface area is 130 Å². The summed E-state index contributed by atoms with van der Waals surface area (Å²) in [6.45, 7) is 6.56. The molecular formula is C16H24BrNO2. The van der Waals surface area contributed by atoms with Crippen LogP contribution in [0.2, 0.25) is 0 Å². The van der Waals surface area contributed by atoms with E-state index in [4.69, 9.17) is 4.74 Å². The molecule has 0 saturated carbocycles. The number of carbonyl (C=O) groups excluding carboxylic acids is 1. The summed E-state index contributed by atoms with van der Waals surface area (Å²) in [5, 5.41) is 2.88. The van der Waals surface area contributed by atoms with Crippen molar-refractivity contribution in [2.45, 2.75) is 51.3 Å². The fraction of sp³-hybridized carbons (Fsp3) is 0.562. The Bertz CT molecular complexity index is 434. The molecule has 0 aliphatic carbocycles. The molecule has 0 aromatic heterocycles. The smallest absolute Gasteiger partial charge is 0.224 e. The van der Waals surface area contributed by atoms with Crippen LogP contribution in [0.25, 0.3) is 0 Å². The monoisotopic (exact) mass is 341 g/mol. The van der Waals surface area contributed by atoms with Crippen molar-refractivity contribution < 1.29 is 9.53 Å². The molecule has 1 N–H and O–H groups in total. The van der Waals surface area contributed by atoms with Gasteiger partial charge in [0.05, 0.1) is 12.3 Å². The number of ether oxygens (including phenoxy) is 1. The third kappa shape index (κ3) is 5.53. The second kappa shape index (κ2) is 9.01. The summed E-state index contributed by atoms with van der Waals surface area (Å²) in [7, 11) is 0. The molecule has 1 amide bonds. The lowest BCUT2D eigenvalue weighted by molar-refractivity contribution is -0.115. The Kier molecular flexibility index (Phi) is 7.67. The molecule has 1 unspecified atom stereocenters. The van der Waals surface area contributed by atoms with Gasteiger partial charge in [0.2, 0.25) is 5.91 Å². The van der Waals surface area contributed by atoms with Crippen LogP contribution in [0.4, 0.5) is 5.69 Å². The summed E-state index contributed by atoms with van der Waals surface area (Å²) in [6.07, 6.45) is 3.75. The number of hydrogen-bond acceptors (Lipinski definition) is 2. The fourth-order valence-electron chi connectivity index (χ4n) is 1.98. The van der Waals surface area contributed by atoms with Crippen LogP contribution in [0.15, 0.2) is 18.2 Å². The fourth-order valence-corrected chi connectivity index (χ4v) is 2.81. The standard InChI is InChI=1S/C16H24BrNO2/c1-4-7-13(17)10-12-8-9-14(18-16(19)5-2)15(11-12)20-6-3/h8-9,11,13H,4-7,10H2,1-3H3,(H,18,19). The lowest BCUT2D eigenvalue weighted by Gasteiger charge is -2.14. The Hall–Kier alpha value is -1.03. The van der Waals surface area contributed by atoms with E-state index in [0.717, 1.165) is 24.3 Å². The number of hydrogen-bond donors (Lipinski definition) is 1. The molecular weight excluding hydrogens is 318 g/mol. The van der Waals surface area contributed by atoms with Crippen LogP contribution in [0.5, 0.6) is 5.75 Å². The van der Waals surface area contributed by atoms with Crippen molar-refractivity contribution in [1.29, 1.82) is 0 Å². The molecule has 0 spiro atoms. The molecule has 0 saturated heterocycles. The second-order valence-electron chi connectivity index (χ2n) is 4.76. The van der Waals surface area contributed by atoms with Crippen LogP contribution in [0.3, 0.4) is 0 Å². The Morgan fingerprint density at radius 3 is 2.70 bits per heavy atom. The van der Waals surface area contributed by atoms with Crippen molar-refractivity contribution >= 4 is 27.5 Å². The van der Waals surface area contributed by atoms with Gasteiger partial charge in [0.1, 0.15) is 5.75 Å². The number of carbonyl (C=O) groups is 1. The number of halogens is 1. The quantitative estimate of drug-likeness (QED) is 0.705. The lowest BCUT2D eigenvalue weighted by Crippen LogP contribution is -2.11. The molecule has 1 rings (SSSR count). The second-order valence-corrected chi connectivity index (χ2v) is 6.05. The highest BCUT2D eigenvalue weighted by Gasteiger charge is 2.10. The zero-order chi connectivity index (χ0) is 15.0. The number of anilines is 1. The summed E-state index contributed by atoms with van der Waals surface area (Å²) in [6, 6.07) is 6.01. The van der Waals surface area contributed by atoms with Gasteiger partial charge in [-0.2, -0.15) is 0 Å². The van der Waals surface area contributed by atoms with Crippen molar-refractivity contribution in [2.75, 3.05) is 11.9 Å². The van der Waals surface area contributed by atoms with E-state index in [1.807, 2.05) is 26.0 Å². The molecule has 112 valence electrons. The van der Waals surface area contributed by atoms with E-state index in [2.05, 4.69) is 34.2 Å². The zero-order valence-corrected chi connectivity index (χ0v) is 14.1. The summed E-state index contributed by atoms with van der Waals surface area (Å²) in [4.78, 5) is 12.0. The Morgan fingerprint density at radius 1 is 1.35 bits per heavy atom. The average Bonchev–Trinajstić information content (AvgIpc) is 2.42. The van der Waals surface area contributed by atoms with Crippen LogP contribution in [0, 0.1) is 0 Å². The maximum Gasteiger partial charge on any atom is 0.224 e. The minimum atomic E-state index is 0.00283. The van der Waals surface area contributed by atoms with Crippen LogP contribution >= 0.6 is 15.9 Å². The van der Waals surface area contributed by atoms with E-state index in [0.29, 0.717) is 17.9 Å². The van der Waals surface area contributed by atoms with Crippen molar-refractivity contribution in [3.8, 4) is 5.75 Å². The minimum Gasteiger partial charge on any atom is -0.492 e. The largest absolute Gasteiger partial charge is 0.492 e. The number of alkyl halides is 1. The maximum absolute atomic E-state index is 11.5. The zero-order valence-electron chi connectivity index (χ0n) is 12.5. The van der Waals surface area contributed by atoms with Gasteiger partial charge in [0.15, 0.2) is 0 Å². The molecule has 0 aliphatic rings. The van der Waals surface area contributed by atoms with Crippen LogP contribution in [0.1, 0.15) is 45.6 Å². The molecule has 0 radical (unpaired) electrons. The van der Waals surface area contributed by atoms with Gasteiger partial charge in [0, 0.05) is 11.2 Å². The van der Waals surface area contributed by atoms with E-state index in [-0.39, 0.29) is 5.91 Å². The predicted octanol–water partition coefficient (Wildman–Crippen LogP) is 4.54. The molecule has 1 atom stereocenters. The normalized spacial score (nSPS) is 12.0. The summed E-state index contributed by atoms with van der Waals surface area (Å²) in [5.41, 5.74) is 1.97. The van der Waals surface area contributed by atoms with Crippen molar-refractivity contribution in [2.24, 2.45) is 0 Å². The molecule has 0 aliphatic heterocycles. The van der Waals surface area contributed by atoms with Gasteiger partial charge >= 0.3 is 0 Å². The topological polar surface area (TPSA) is 38.3 Å². The molecule has 1 aromatic rings. The predicted molar refractivity (Wildman–Crippen MR) is 87.9 cm³/mol. The average molecular weight is 342 g/mol. The summed E-state index contributed by atoms with van der Waals surface area (Å²) < 4.78 is 5.63. The van der Waals surface area contributed by atoms with Crippen molar-refractivity contribution in [3.05, 3.63) is 23.8 Å². The molecule has 0 fully saturated rings. The van der Waals surface area contributed by atoms with Gasteiger partial charge in [-0.1, -0.05) is 42.3 Å². The first-order chi connectivity index (χ1) is 9.60. The summed E-state index contributed by atoms with van der Waals surface area (Å²) >= 11 is 3.70. The molecule has 3 nitrogen and oxygen atoms in total. The van der Waals surface area contributed by atoms with E-state index >= 15 is 0 Å². The third-order valence-corrected chi connectivity index (χ3v) is 3.78. The van der Waals surface area contributed by atoms with Gasteiger partial charge in [-0.25, -0.2) is 0 Å². The van der Waals surface area contributed by atoms with Crippen LogP contribution in [-0.4, -0.2) is 17.3 Å². The molecule has 1 aromatic carbocycles. The van der Waals surface area contributed by atoms with E-state index in [9.17, 15) is 4.79 Å². The highest BCUT2D eigenvalue weighted by molar-refractivity contribution is 9.09. The molecule has 4 heteroatoms. The van der Waals surface area contributed by atoms with Gasteiger partial charge in [-0.3, -0.25) is 4.79 Å². The maximum atomic E-state index is 11.5.